The lowest BCUT2D eigenvalue weighted by molar-refractivity contribution is 0.654. The fourth-order valence-corrected chi connectivity index (χ4v) is 3.39. The second kappa shape index (κ2) is 7.12. The van der Waals surface area contributed by atoms with E-state index in [1.54, 1.807) is 22.3 Å². The average molecular weight is 258 g/mol. The van der Waals surface area contributed by atoms with Gasteiger partial charge in [-0.2, -0.15) is 0 Å². The van der Waals surface area contributed by atoms with Gasteiger partial charge in [0.05, 0.1) is 0 Å². The molecule has 1 aromatic carbocycles. The van der Waals surface area contributed by atoms with Gasteiger partial charge in [-0.05, 0) is 66.7 Å². The Hall–Kier alpha value is -0.780. The van der Waals surface area contributed by atoms with E-state index in [9.17, 15) is 0 Å². The van der Waals surface area contributed by atoms with Crippen LogP contribution in [-0.4, -0.2) is 0 Å². The second-order valence-corrected chi connectivity index (χ2v) is 6.50. The summed E-state index contributed by atoms with van der Waals surface area (Å²) in [4.78, 5) is 0. The van der Waals surface area contributed by atoms with E-state index in [0.29, 0.717) is 5.92 Å². The van der Waals surface area contributed by atoms with Gasteiger partial charge in [0, 0.05) is 0 Å². The highest BCUT2D eigenvalue weighted by Crippen LogP contribution is 2.31. The maximum absolute atomic E-state index is 2.52. The van der Waals surface area contributed by atoms with Crippen molar-refractivity contribution < 1.29 is 0 Å². The van der Waals surface area contributed by atoms with Gasteiger partial charge in [-0.15, -0.1) is 0 Å². The molecule has 0 N–H and O–H groups in total. The van der Waals surface area contributed by atoms with E-state index in [1.807, 2.05) is 0 Å². The summed E-state index contributed by atoms with van der Waals surface area (Å²) in [6.45, 7) is 6.99. The van der Waals surface area contributed by atoms with Gasteiger partial charge < -0.3 is 0 Å². The maximum Gasteiger partial charge on any atom is -0.0216 e. The SMILES string of the molecule is CCCCCCc1cc2c(c(C(C)C)c1)CCCC2. The molecule has 0 amide bonds. The number of fused-ring (bicyclic) bond motifs is 1. The first-order valence-electron chi connectivity index (χ1n) is 8.37. The molecule has 0 saturated heterocycles. The molecule has 0 heterocycles. The molecule has 19 heavy (non-hydrogen) atoms. The Morgan fingerprint density at radius 1 is 1.00 bits per heavy atom. The lowest BCUT2D eigenvalue weighted by atomic mass is 9.82. The lowest BCUT2D eigenvalue weighted by Gasteiger charge is -2.23. The monoisotopic (exact) mass is 258 g/mol. The summed E-state index contributed by atoms with van der Waals surface area (Å²) in [7, 11) is 0. The zero-order chi connectivity index (χ0) is 13.7. The van der Waals surface area contributed by atoms with Crippen LogP contribution in [0.5, 0.6) is 0 Å². The van der Waals surface area contributed by atoms with Gasteiger partial charge in [-0.25, -0.2) is 0 Å². The molecule has 1 aromatic rings. The van der Waals surface area contributed by atoms with Gasteiger partial charge in [0.25, 0.3) is 0 Å². The fourth-order valence-electron chi connectivity index (χ4n) is 3.39. The minimum Gasteiger partial charge on any atom is -0.0654 e. The molecule has 0 aromatic heterocycles. The molecular weight excluding hydrogens is 228 g/mol. The highest BCUT2D eigenvalue weighted by Gasteiger charge is 2.16. The van der Waals surface area contributed by atoms with Gasteiger partial charge in [-0.3, -0.25) is 0 Å². The minimum absolute atomic E-state index is 0.683. The Morgan fingerprint density at radius 3 is 2.53 bits per heavy atom. The number of unbranched alkanes of at least 4 members (excludes halogenated alkanes) is 3. The fraction of sp³-hybridized carbons (Fsp3) is 0.684. The molecule has 0 spiro atoms. The van der Waals surface area contributed by atoms with Crippen LogP contribution in [0.25, 0.3) is 0 Å². The van der Waals surface area contributed by atoms with E-state index in [1.165, 1.54) is 57.8 Å². The minimum atomic E-state index is 0.683. The molecule has 0 bridgehead atoms. The third-order valence-electron chi connectivity index (χ3n) is 4.50. The highest BCUT2D eigenvalue weighted by atomic mass is 14.2. The molecule has 0 heteroatoms. The van der Waals surface area contributed by atoms with Crippen LogP contribution < -0.4 is 0 Å². The summed E-state index contributed by atoms with van der Waals surface area (Å²) in [5, 5.41) is 0. The predicted molar refractivity (Wildman–Crippen MR) is 85.0 cm³/mol. The van der Waals surface area contributed by atoms with Crippen LogP contribution in [0.4, 0.5) is 0 Å². The van der Waals surface area contributed by atoms with Crippen LogP contribution in [0.3, 0.4) is 0 Å². The Kier molecular flexibility index (Phi) is 5.48. The van der Waals surface area contributed by atoms with Crippen molar-refractivity contribution in [3.63, 3.8) is 0 Å². The van der Waals surface area contributed by atoms with Crippen molar-refractivity contribution >= 4 is 0 Å². The second-order valence-electron chi connectivity index (χ2n) is 6.50. The third-order valence-corrected chi connectivity index (χ3v) is 4.50. The van der Waals surface area contributed by atoms with E-state index in [0.717, 1.165) is 0 Å². The van der Waals surface area contributed by atoms with Gasteiger partial charge in [0.1, 0.15) is 0 Å². The summed E-state index contributed by atoms with van der Waals surface area (Å²) in [6, 6.07) is 5.03. The molecule has 0 radical (unpaired) electrons. The molecule has 0 fully saturated rings. The smallest absolute Gasteiger partial charge is 0.0216 e. The van der Waals surface area contributed by atoms with Gasteiger partial charge in [0.2, 0.25) is 0 Å². The van der Waals surface area contributed by atoms with Crippen molar-refractivity contribution in [1.29, 1.82) is 0 Å². The first-order valence-corrected chi connectivity index (χ1v) is 8.37. The van der Waals surface area contributed by atoms with Crippen LogP contribution in [0.2, 0.25) is 0 Å². The van der Waals surface area contributed by atoms with Crippen molar-refractivity contribution in [3.05, 3.63) is 34.4 Å². The van der Waals surface area contributed by atoms with Crippen molar-refractivity contribution in [2.24, 2.45) is 0 Å². The molecule has 0 aliphatic heterocycles. The molecule has 0 saturated carbocycles. The Balaban J connectivity index is 2.13. The Bertz CT molecular complexity index is 401. The van der Waals surface area contributed by atoms with Crippen molar-refractivity contribution in [3.8, 4) is 0 Å². The quantitative estimate of drug-likeness (QED) is 0.565. The summed E-state index contributed by atoms with van der Waals surface area (Å²) < 4.78 is 0. The zero-order valence-corrected chi connectivity index (χ0v) is 13.1. The summed E-state index contributed by atoms with van der Waals surface area (Å²) in [5.74, 6) is 0.683. The number of rotatable bonds is 6. The summed E-state index contributed by atoms with van der Waals surface area (Å²) in [6.07, 6.45) is 12.2. The average Bonchev–Trinajstić information content (AvgIpc) is 2.42. The zero-order valence-electron chi connectivity index (χ0n) is 13.1. The van der Waals surface area contributed by atoms with E-state index in [-0.39, 0.29) is 0 Å². The van der Waals surface area contributed by atoms with E-state index < -0.39 is 0 Å². The summed E-state index contributed by atoms with van der Waals surface area (Å²) >= 11 is 0. The Labute approximate surface area is 119 Å². The van der Waals surface area contributed by atoms with Crippen molar-refractivity contribution in [2.45, 2.75) is 84.5 Å². The van der Waals surface area contributed by atoms with Gasteiger partial charge >= 0.3 is 0 Å². The topological polar surface area (TPSA) is 0 Å². The van der Waals surface area contributed by atoms with Crippen molar-refractivity contribution in [1.82, 2.24) is 0 Å². The van der Waals surface area contributed by atoms with Crippen LogP contribution in [0.15, 0.2) is 12.1 Å². The number of benzene rings is 1. The van der Waals surface area contributed by atoms with Crippen LogP contribution in [0.1, 0.15) is 87.5 Å². The molecule has 0 atom stereocenters. The van der Waals surface area contributed by atoms with E-state index >= 15 is 0 Å². The van der Waals surface area contributed by atoms with Crippen LogP contribution >= 0.6 is 0 Å². The first-order chi connectivity index (χ1) is 9.22. The molecule has 0 nitrogen and oxygen atoms in total. The molecule has 1 aliphatic rings. The Morgan fingerprint density at radius 2 is 1.79 bits per heavy atom. The standard InChI is InChI=1S/C19H30/c1-4-5-6-7-10-16-13-17-11-8-9-12-18(17)19(14-16)15(2)3/h13-15H,4-12H2,1-3H3. The van der Waals surface area contributed by atoms with E-state index in [4.69, 9.17) is 0 Å². The molecule has 1 aliphatic carbocycles. The third kappa shape index (κ3) is 3.84. The molecule has 0 unspecified atom stereocenters. The maximum atomic E-state index is 2.52. The normalized spacial score (nSPS) is 14.7. The van der Waals surface area contributed by atoms with Crippen LogP contribution in [-0.2, 0) is 19.3 Å². The number of aryl methyl sites for hydroxylation is 2. The first kappa shape index (κ1) is 14.6. The molecule has 2 rings (SSSR count). The van der Waals surface area contributed by atoms with Crippen LogP contribution in [0, 0.1) is 0 Å². The molecule has 106 valence electrons. The van der Waals surface area contributed by atoms with Crippen molar-refractivity contribution in [2.75, 3.05) is 0 Å². The van der Waals surface area contributed by atoms with Gasteiger partial charge in [0.15, 0.2) is 0 Å². The number of hydrogen-bond acceptors (Lipinski definition) is 0. The lowest BCUT2D eigenvalue weighted by Crippen LogP contribution is -2.09. The number of hydrogen-bond donors (Lipinski definition) is 0. The predicted octanol–water partition coefficient (Wildman–Crippen LogP) is 5.81. The van der Waals surface area contributed by atoms with Gasteiger partial charge in [-0.1, -0.05) is 52.2 Å². The molecular formula is C19H30. The summed E-state index contributed by atoms with van der Waals surface area (Å²) in [5.41, 5.74) is 6.60. The largest absolute Gasteiger partial charge is 0.0654 e. The highest BCUT2D eigenvalue weighted by molar-refractivity contribution is 5.42. The van der Waals surface area contributed by atoms with E-state index in [2.05, 4.69) is 32.9 Å².